The summed E-state index contributed by atoms with van der Waals surface area (Å²) in [5.74, 6) is 0.938. The molecular weight excluding hydrogens is 196 g/mol. The fourth-order valence-corrected chi connectivity index (χ4v) is 2.30. The van der Waals surface area contributed by atoms with Crippen LogP contribution in [0.25, 0.3) is 0 Å². The minimum absolute atomic E-state index is 0.278. The van der Waals surface area contributed by atoms with E-state index in [0.29, 0.717) is 17.8 Å². The van der Waals surface area contributed by atoms with Crippen molar-refractivity contribution in [2.24, 2.45) is 11.3 Å². The Bertz CT molecular complexity index is 331. The number of ketones is 1. The SMILES string of the molecule is CCC(=O)C(C)=CCC1CC=C(C)C1(C)C. The van der Waals surface area contributed by atoms with E-state index in [1.54, 1.807) is 0 Å². The van der Waals surface area contributed by atoms with Crippen molar-refractivity contribution in [3.8, 4) is 0 Å². The molecule has 16 heavy (non-hydrogen) atoms. The lowest BCUT2D eigenvalue weighted by molar-refractivity contribution is -0.115. The van der Waals surface area contributed by atoms with Crippen molar-refractivity contribution in [1.82, 2.24) is 0 Å². The largest absolute Gasteiger partial charge is 0.295 e. The van der Waals surface area contributed by atoms with Crippen LogP contribution in [0, 0.1) is 11.3 Å². The Kier molecular flexibility index (Phi) is 4.12. The third kappa shape index (κ3) is 2.63. The van der Waals surface area contributed by atoms with Crippen molar-refractivity contribution in [3.05, 3.63) is 23.3 Å². The quantitative estimate of drug-likeness (QED) is 0.510. The molecule has 90 valence electrons. The highest BCUT2D eigenvalue weighted by Gasteiger charge is 2.33. The highest BCUT2D eigenvalue weighted by molar-refractivity contribution is 5.94. The van der Waals surface area contributed by atoms with E-state index >= 15 is 0 Å². The standard InChI is InChI=1S/C15H24O/c1-6-14(16)11(2)7-9-13-10-8-12(3)15(13,4)5/h7-8,13H,6,9-10H2,1-5H3. The maximum atomic E-state index is 11.5. The van der Waals surface area contributed by atoms with Gasteiger partial charge in [-0.15, -0.1) is 0 Å². The van der Waals surface area contributed by atoms with Gasteiger partial charge in [-0.25, -0.2) is 0 Å². The lowest BCUT2D eigenvalue weighted by Crippen LogP contribution is -2.20. The third-order valence-corrected chi connectivity index (χ3v) is 4.22. The van der Waals surface area contributed by atoms with Crippen LogP contribution < -0.4 is 0 Å². The van der Waals surface area contributed by atoms with Gasteiger partial charge in [0.15, 0.2) is 5.78 Å². The maximum absolute atomic E-state index is 11.5. The zero-order valence-corrected chi connectivity index (χ0v) is 11.3. The molecule has 0 saturated heterocycles. The average Bonchev–Trinajstić information content (AvgIpc) is 2.50. The first kappa shape index (κ1) is 13.2. The fourth-order valence-electron chi connectivity index (χ4n) is 2.30. The number of carbonyl (C=O) groups is 1. The number of Topliss-reactive ketones (excluding diaryl/α,β-unsaturated/α-hetero) is 1. The predicted octanol–water partition coefficient (Wildman–Crippen LogP) is 4.29. The zero-order valence-electron chi connectivity index (χ0n) is 11.3. The van der Waals surface area contributed by atoms with Gasteiger partial charge < -0.3 is 0 Å². The lowest BCUT2D eigenvalue weighted by Gasteiger charge is -2.29. The molecule has 0 amide bonds. The molecule has 1 nitrogen and oxygen atoms in total. The molecule has 0 aliphatic heterocycles. The van der Waals surface area contributed by atoms with Crippen LogP contribution in [0.5, 0.6) is 0 Å². The molecule has 1 rings (SSSR count). The first-order valence-electron chi connectivity index (χ1n) is 6.26. The fraction of sp³-hybridized carbons (Fsp3) is 0.667. The summed E-state index contributed by atoms with van der Waals surface area (Å²) >= 11 is 0. The number of allylic oxidation sites excluding steroid dienone is 4. The number of hydrogen-bond acceptors (Lipinski definition) is 1. The molecule has 1 atom stereocenters. The molecule has 0 radical (unpaired) electrons. The van der Waals surface area contributed by atoms with E-state index in [-0.39, 0.29) is 5.78 Å². The van der Waals surface area contributed by atoms with E-state index in [2.05, 4.69) is 32.9 Å². The van der Waals surface area contributed by atoms with Gasteiger partial charge in [-0.1, -0.05) is 38.5 Å². The third-order valence-electron chi connectivity index (χ3n) is 4.22. The summed E-state index contributed by atoms with van der Waals surface area (Å²) < 4.78 is 0. The first-order chi connectivity index (χ1) is 7.39. The van der Waals surface area contributed by atoms with Crippen LogP contribution in [-0.4, -0.2) is 5.78 Å². The van der Waals surface area contributed by atoms with Gasteiger partial charge in [-0.05, 0) is 43.6 Å². The molecule has 0 aromatic heterocycles. The van der Waals surface area contributed by atoms with Crippen molar-refractivity contribution < 1.29 is 4.79 Å². The Hall–Kier alpha value is -0.850. The Morgan fingerprint density at radius 1 is 1.56 bits per heavy atom. The van der Waals surface area contributed by atoms with Crippen LogP contribution in [0.1, 0.15) is 53.9 Å². The summed E-state index contributed by atoms with van der Waals surface area (Å²) in [5, 5.41) is 0. The molecule has 0 saturated carbocycles. The molecule has 0 spiro atoms. The normalized spacial score (nSPS) is 24.4. The van der Waals surface area contributed by atoms with Crippen molar-refractivity contribution in [3.63, 3.8) is 0 Å². The van der Waals surface area contributed by atoms with Crippen molar-refractivity contribution in [2.45, 2.75) is 53.9 Å². The van der Waals surface area contributed by atoms with Crippen LogP contribution in [-0.2, 0) is 4.79 Å². The molecule has 1 aliphatic rings. The van der Waals surface area contributed by atoms with Crippen LogP contribution in [0.2, 0.25) is 0 Å². The highest BCUT2D eigenvalue weighted by atomic mass is 16.1. The summed E-state index contributed by atoms with van der Waals surface area (Å²) in [6, 6.07) is 0. The van der Waals surface area contributed by atoms with Crippen LogP contribution in [0.3, 0.4) is 0 Å². The van der Waals surface area contributed by atoms with Gasteiger partial charge in [0.25, 0.3) is 0 Å². The molecule has 0 aromatic rings. The van der Waals surface area contributed by atoms with Gasteiger partial charge in [-0.3, -0.25) is 4.79 Å². The molecule has 1 unspecified atom stereocenters. The second kappa shape index (κ2) is 4.99. The van der Waals surface area contributed by atoms with Crippen LogP contribution in [0.15, 0.2) is 23.3 Å². The topological polar surface area (TPSA) is 17.1 Å². The maximum Gasteiger partial charge on any atom is 0.157 e. The zero-order chi connectivity index (χ0) is 12.3. The molecule has 1 heteroatoms. The van der Waals surface area contributed by atoms with Gasteiger partial charge in [0.1, 0.15) is 0 Å². The molecule has 0 N–H and O–H groups in total. The van der Waals surface area contributed by atoms with Crippen LogP contribution >= 0.6 is 0 Å². The summed E-state index contributed by atoms with van der Waals surface area (Å²) in [4.78, 5) is 11.5. The Morgan fingerprint density at radius 3 is 2.62 bits per heavy atom. The lowest BCUT2D eigenvalue weighted by atomic mass is 9.76. The van der Waals surface area contributed by atoms with Gasteiger partial charge in [-0.2, -0.15) is 0 Å². The van der Waals surface area contributed by atoms with Gasteiger partial charge in [0.2, 0.25) is 0 Å². The molecule has 0 aromatic carbocycles. The summed E-state index contributed by atoms with van der Waals surface area (Å²) in [6.07, 6.45) is 7.27. The number of hydrogen-bond donors (Lipinski definition) is 0. The first-order valence-corrected chi connectivity index (χ1v) is 6.26. The van der Waals surface area contributed by atoms with E-state index in [9.17, 15) is 4.79 Å². The van der Waals surface area contributed by atoms with Crippen molar-refractivity contribution >= 4 is 5.78 Å². The minimum atomic E-state index is 0.278. The van der Waals surface area contributed by atoms with E-state index in [0.717, 1.165) is 18.4 Å². The van der Waals surface area contributed by atoms with Crippen LogP contribution in [0.4, 0.5) is 0 Å². The van der Waals surface area contributed by atoms with E-state index in [4.69, 9.17) is 0 Å². The second-order valence-corrected chi connectivity index (χ2v) is 5.44. The van der Waals surface area contributed by atoms with Crippen molar-refractivity contribution in [2.75, 3.05) is 0 Å². The molecule has 0 heterocycles. The molecule has 0 bridgehead atoms. The molecule has 1 aliphatic carbocycles. The van der Waals surface area contributed by atoms with Crippen molar-refractivity contribution in [1.29, 1.82) is 0 Å². The highest BCUT2D eigenvalue weighted by Crippen LogP contribution is 2.44. The van der Waals surface area contributed by atoms with Gasteiger partial charge >= 0.3 is 0 Å². The predicted molar refractivity (Wildman–Crippen MR) is 69.3 cm³/mol. The summed E-state index contributed by atoms with van der Waals surface area (Å²) in [6.45, 7) is 10.7. The average molecular weight is 220 g/mol. The Morgan fingerprint density at radius 2 is 2.19 bits per heavy atom. The summed E-state index contributed by atoms with van der Waals surface area (Å²) in [5.41, 5.74) is 2.72. The molecular formula is C15H24O. The number of rotatable bonds is 4. The second-order valence-electron chi connectivity index (χ2n) is 5.44. The van der Waals surface area contributed by atoms with E-state index in [1.807, 2.05) is 13.8 Å². The monoisotopic (exact) mass is 220 g/mol. The summed E-state index contributed by atoms with van der Waals surface area (Å²) in [7, 11) is 0. The molecule has 0 fully saturated rings. The van der Waals surface area contributed by atoms with Gasteiger partial charge in [0, 0.05) is 6.42 Å². The minimum Gasteiger partial charge on any atom is -0.295 e. The van der Waals surface area contributed by atoms with E-state index in [1.165, 1.54) is 5.57 Å². The smallest absolute Gasteiger partial charge is 0.157 e. The Balaban J connectivity index is 2.62. The number of carbonyl (C=O) groups excluding carboxylic acids is 1. The van der Waals surface area contributed by atoms with Gasteiger partial charge in [0.05, 0.1) is 0 Å². The Labute approximate surface area is 99.6 Å². The van der Waals surface area contributed by atoms with E-state index < -0.39 is 0 Å².